The monoisotopic (exact) mass is 1340 g/mol. The van der Waals surface area contributed by atoms with E-state index in [1.807, 2.05) is 0 Å². The Hall–Kier alpha value is -12.0. The predicted octanol–water partition coefficient (Wildman–Crippen LogP) is 22.0. The zero-order valence-electron chi connectivity index (χ0n) is 60.3. The van der Waals surface area contributed by atoms with E-state index in [2.05, 4.69) is 402 Å². The minimum absolute atomic E-state index is 0.0609. The van der Waals surface area contributed by atoms with Crippen molar-refractivity contribution in [2.45, 2.75) is 78.6 Å². The summed E-state index contributed by atoms with van der Waals surface area (Å²) in [4.78, 5) is 10.3. The second-order valence-electron chi connectivity index (χ2n) is 31.7. The van der Waals surface area contributed by atoms with Crippen molar-refractivity contribution >= 4 is 136 Å². The summed E-state index contributed by atoms with van der Waals surface area (Å²) < 4.78 is 10.0. The number of hydrogen-bond acceptors (Lipinski definition) is 5. The summed E-state index contributed by atoms with van der Waals surface area (Å²) in [5, 5.41) is 2.48. The molecule has 0 unspecified atom stereocenters. The number of nitrogens with zero attached hydrogens (tertiary/aromatic N) is 5. The third kappa shape index (κ3) is 10.1. The van der Waals surface area contributed by atoms with Gasteiger partial charge in [-0.1, -0.05) is 263 Å². The molecule has 0 fully saturated rings. The van der Waals surface area contributed by atoms with Gasteiger partial charge in [-0.3, -0.25) is 0 Å². The average molecular weight is 1340 g/mol. The Labute approximate surface area is 611 Å². The molecule has 5 heterocycles. The molecular weight excluding hydrogens is 1260 g/mol. The quantitative estimate of drug-likeness (QED) is 0.134. The summed E-state index contributed by atoms with van der Waals surface area (Å²) >= 11 is 0. The van der Waals surface area contributed by atoms with Crippen LogP contribution >= 0.6 is 0 Å². The van der Waals surface area contributed by atoms with Crippen molar-refractivity contribution in [2.75, 3.05) is 19.6 Å². The van der Waals surface area contributed by atoms with Crippen LogP contribution in [0, 0.1) is 0 Å². The molecule has 0 saturated carbocycles. The Kier molecular flexibility index (Phi) is 14.4. The van der Waals surface area contributed by atoms with Gasteiger partial charge in [-0.15, -0.1) is 0 Å². The predicted molar refractivity (Wildman–Crippen MR) is 442 cm³/mol. The molecule has 4 aliphatic rings. The number of para-hydroxylation sites is 6. The maximum Gasteiger partial charge on any atom is 0.256 e. The van der Waals surface area contributed by atoms with Crippen molar-refractivity contribution in [2.24, 2.45) is 0 Å². The maximum absolute atomic E-state index is 7.53. The fourth-order valence-electron chi connectivity index (χ4n) is 17.2. The van der Waals surface area contributed by atoms with Crippen molar-refractivity contribution in [3.63, 3.8) is 0 Å². The van der Waals surface area contributed by atoms with Crippen LogP contribution < -0.4 is 57.1 Å². The van der Waals surface area contributed by atoms with Crippen LogP contribution in [0.5, 0.6) is 11.5 Å². The highest BCUT2D eigenvalue weighted by molar-refractivity contribution is 7.02. The number of hydrogen-bond donors (Lipinski definition) is 0. The second kappa shape index (κ2) is 23.8. The molecule has 0 aliphatic carbocycles. The van der Waals surface area contributed by atoms with Gasteiger partial charge in [0, 0.05) is 84.8 Å². The minimum atomic E-state index is -0.238. The van der Waals surface area contributed by atoms with Crippen LogP contribution in [0.15, 0.2) is 315 Å². The lowest BCUT2D eigenvalue weighted by molar-refractivity contribution is 0.487. The van der Waals surface area contributed by atoms with Gasteiger partial charge in [-0.2, -0.15) is 0 Å². The largest absolute Gasteiger partial charge is 0.458 e. The summed E-state index contributed by atoms with van der Waals surface area (Å²) in [6.45, 7) is 20.4. The van der Waals surface area contributed by atoms with E-state index < -0.39 is 0 Å². The molecular formula is C96H79B2N5O. The number of ether oxygens (including phenoxy) is 1. The van der Waals surface area contributed by atoms with Crippen LogP contribution in [-0.4, -0.2) is 18.0 Å². The van der Waals surface area contributed by atoms with Crippen LogP contribution in [0.3, 0.4) is 0 Å². The van der Waals surface area contributed by atoms with Crippen molar-refractivity contribution in [1.29, 1.82) is 0 Å². The van der Waals surface area contributed by atoms with Gasteiger partial charge < -0.3 is 28.9 Å². The van der Waals surface area contributed by atoms with Gasteiger partial charge in [0.05, 0.1) is 28.1 Å². The molecule has 0 spiro atoms. The van der Waals surface area contributed by atoms with Crippen molar-refractivity contribution < 1.29 is 4.74 Å². The highest BCUT2D eigenvalue weighted by Gasteiger charge is 2.49. The minimum Gasteiger partial charge on any atom is -0.458 e. The molecule has 0 atom stereocenters. The van der Waals surface area contributed by atoms with E-state index in [-0.39, 0.29) is 29.7 Å². The fourth-order valence-corrected chi connectivity index (χ4v) is 17.2. The summed E-state index contributed by atoms with van der Waals surface area (Å²) in [6.07, 6.45) is 0. The fraction of sp³-hybridized carbons (Fsp3) is 0.125. The lowest BCUT2D eigenvalue weighted by Gasteiger charge is -2.47. The third-order valence-electron chi connectivity index (χ3n) is 22.2. The van der Waals surface area contributed by atoms with Gasteiger partial charge in [0.15, 0.2) is 0 Å². The first-order valence-electron chi connectivity index (χ1n) is 36.7. The van der Waals surface area contributed by atoms with Crippen molar-refractivity contribution in [1.82, 2.24) is 4.57 Å². The molecule has 0 N–H and O–H groups in total. The average Bonchev–Trinajstić information content (AvgIpc) is 0.770. The summed E-state index contributed by atoms with van der Waals surface area (Å²) in [5.74, 6) is 1.71. The maximum atomic E-state index is 7.53. The Morgan fingerprint density at radius 2 is 0.740 bits per heavy atom. The van der Waals surface area contributed by atoms with Gasteiger partial charge in [0.25, 0.3) is 13.4 Å². The van der Waals surface area contributed by atoms with E-state index in [0.717, 1.165) is 130 Å². The number of rotatable bonds is 9. The molecule has 6 nitrogen and oxygen atoms in total. The third-order valence-corrected chi connectivity index (χ3v) is 22.2. The smallest absolute Gasteiger partial charge is 0.256 e. The van der Waals surface area contributed by atoms with Gasteiger partial charge in [-0.05, 0) is 186 Å². The normalized spacial score (nSPS) is 13.4. The lowest BCUT2D eigenvalue weighted by Crippen LogP contribution is -2.64. The van der Waals surface area contributed by atoms with Crippen molar-refractivity contribution in [3.05, 3.63) is 332 Å². The summed E-state index contributed by atoms with van der Waals surface area (Å²) in [6, 6.07) is 119. The molecule has 0 amide bonds. The molecule has 1 aromatic heterocycles. The number of aromatic nitrogens is 1. The molecule has 0 radical (unpaired) electrons. The van der Waals surface area contributed by atoms with E-state index >= 15 is 0 Å². The topological polar surface area (TPSA) is 27.1 Å². The van der Waals surface area contributed by atoms with Crippen molar-refractivity contribution in [3.8, 4) is 39.4 Å². The van der Waals surface area contributed by atoms with Crippen LogP contribution in [-0.2, 0) is 16.2 Å². The molecule has 19 rings (SSSR count). The SMILES string of the molecule is CC(C)(C)c1ccc(N2c3cc4c(cc3B3c5ccccc5Oc5cc(-n6c7ccc(C(C)(C)C)cc7c7cc(C(C)(C)C)ccc76)cc2c53)B2c3ccccc3N(c3ccccc3)c3cc(N(c5ccccc5)c5ccccc5)cc(c32)N4c2c(-c3ccccc3)cccc2-c2ccccc2)cc1. The molecule has 0 saturated heterocycles. The van der Waals surface area contributed by atoms with E-state index in [1.54, 1.807) is 0 Å². The van der Waals surface area contributed by atoms with E-state index in [4.69, 9.17) is 4.74 Å². The van der Waals surface area contributed by atoms with Gasteiger partial charge in [0.2, 0.25) is 0 Å². The Balaban J connectivity index is 0.967. The highest BCUT2D eigenvalue weighted by Crippen LogP contribution is 2.54. The van der Waals surface area contributed by atoms with Gasteiger partial charge >= 0.3 is 0 Å². The number of benzene rings is 14. The van der Waals surface area contributed by atoms with Crippen LogP contribution in [0.4, 0.5) is 68.2 Å². The van der Waals surface area contributed by atoms with Crippen LogP contribution in [0.2, 0.25) is 0 Å². The van der Waals surface area contributed by atoms with E-state index in [9.17, 15) is 0 Å². The number of fused-ring (bicyclic) bond motifs is 11. The van der Waals surface area contributed by atoms with Crippen LogP contribution in [0.25, 0.3) is 49.7 Å². The molecule has 14 aromatic carbocycles. The van der Waals surface area contributed by atoms with E-state index in [1.165, 1.54) is 49.3 Å². The molecule has 0 bridgehead atoms. The van der Waals surface area contributed by atoms with Gasteiger partial charge in [0.1, 0.15) is 11.5 Å². The Morgan fingerprint density at radius 1 is 0.288 bits per heavy atom. The molecule has 8 heteroatoms. The first-order valence-corrected chi connectivity index (χ1v) is 36.7. The highest BCUT2D eigenvalue weighted by atomic mass is 16.5. The first-order chi connectivity index (χ1) is 50.5. The number of anilines is 12. The molecule has 4 aliphatic heterocycles. The summed E-state index contributed by atoms with van der Waals surface area (Å²) in [7, 11) is 0. The Bertz CT molecular complexity index is 5750. The lowest BCUT2D eigenvalue weighted by atomic mass is 9.30. The molecule has 104 heavy (non-hydrogen) atoms. The zero-order chi connectivity index (χ0) is 70.5. The first kappa shape index (κ1) is 63.0. The summed E-state index contributed by atoms with van der Waals surface area (Å²) in [5.41, 5.74) is 31.7. The molecule has 15 aromatic rings. The second-order valence-corrected chi connectivity index (χ2v) is 31.7. The van der Waals surface area contributed by atoms with Gasteiger partial charge in [-0.25, -0.2) is 0 Å². The molecule has 500 valence electrons. The van der Waals surface area contributed by atoms with E-state index in [0.29, 0.717) is 0 Å². The zero-order valence-corrected chi connectivity index (χ0v) is 60.3. The Morgan fingerprint density at radius 3 is 1.31 bits per heavy atom. The van der Waals surface area contributed by atoms with Crippen LogP contribution in [0.1, 0.15) is 79.0 Å². The standard InChI is InChI=1S/C96H79B2N5O/c1-94(2,3)64-46-50-70(51-47-64)101-84-61-85-80(60-79(84)98-78-43-26-28-45-89(78)104-90-59-72(58-88(101)92(90)98)102-81-52-48-65(95(4,5)6)54-75(81)76-55-66(96(7,8)9)49-53-82(76)102)97-77-42-25-27-44-83(77)100(69-38-23-14-24-39-69)86-56-71(99(67-34-19-12-20-35-67)68-36-21-13-22-37-68)57-87(91(86)97)103(85)93-73(62-30-15-10-16-31-62)40-29-41-74(93)63-32-17-11-18-33-63/h10-61H,1-9H3.